The van der Waals surface area contributed by atoms with E-state index in [9.17, 15) is 9.00 Å². The molecule has 2 atom stereocenters. The topological polar surface area (TPSA) is 112 Å². The highest BCUT2D eigenvalue weighted by atomic mass is 32.2. The van der Waals surface area contributed by atoms with Gasteiger partial charge in [-0.25, -0.2) is 14.0 Å². The van der Waals surface area contributed by atoms with Crippen molar-refractivity contribution in [3.8, 4) is 17.1 Å². The van der Waals surface area contributed by atoms with Gasteiger partial charge >= 0.3 is 0 Å². The maximum Gasteiger partial charge on any atom is 0.239 e. The molecular formula is C31H42N6O3S. The Morgan fingerprint density at radius 2 is 1.76 bits per heavy atom. The van der Waals surface area contributed by atoms with Crippen LogP contribution in [0.2, 0.25) is 0 Å². The monoisotopic (exact) mass is 578 g/mol. The number of aromatic nitrogens is 2. The van der Waals surface area contributed by atoms with Gasteiger partial charge in [0.1, 0.15) is 6.10 Å². The molecule has 0 spiro atoms. The lowest BCUT2D eigenvalue weighted by Crippen LogP contribution is -2.38. The standard InChI is InChI=1S/C31H42N6O3S/c1-22-9-7-12-26(17-22)41(32,39)35-30-33-27(29-23(2)10-8-11-24(29)3)18-28(34-30)40-25-19-36(14-13-31(4,5)6)15-16-37(20-25)21-38/h7-12,17-18,21,25H,13-16,19-20H2,1-6H3,(H2,32,33,34,35,39)/t25-,41?/m1/s1. The normalized spacial score (nSPS) is 17.9. The average Bonchev–Trinajstić information content (AvgIpc) is 3.08. The van der Waals surface area contributed by atoms with E-state index in [4.69, 9.17) is 14.5 Å². The van der Waals surface area contributed by atoms with Gasteiger partial charge in [-0.2, -0.15) is 4.98 Å². The van der Waals surface area contributed by atoms with Crippen LogP contribution in [0.5, 0.6) is 5.88 Å². The highest BCUT2D eigenvalue weighted by molar-refractivity contribution is 7.93. The molecule has 3 aromatic rings. The zero-order valence-corrected chi connectivity index (χ0v) is 25.8. The first-order valence-corrected chi connectivity index (χ1v) is 15.6. The van der Waals surface area contributed by atoms with Crippen LogP contribution >= 0.6 is 0 Å². The molecule has 0 aliphatic carbocycles. The molecule has 2 aromatic carbocycles. The summed E-state index contributed by atoms with van der Waals surface area (Å²) in [6.45, 7) is 16.0. The fourth-order valence-electron chi connectivity index (χ4n) is 4.96. The number of nitrogens with zero attached hydrogens (tertiary/aromatic N) is 4. The molecule has 0 saturated carbocycles. The number of hydrogen-bond acceptors (Lipinski definition) is 7. The molecule has 0 radical (unpaired) electrons. The number of carbonyl (C=O) groups excluding carboxylic acids is 1. The molecule has 1 unspecified atom stereocenters. The highest BCUT2D eigenvalue weighted by Gasteiger charge is 2.26. The molecule has 0 bridgehead atoms. The molecule has 9 nitrogen and oxygen atoms in total. The third-order valence-corrected chi connectivity index (χ3v) is 8.60. The van der Waals surface area contributed by atoms with Crippen molar-refractivity contribution in [3.05, 3.63) is 65.2 Å². The van der Waals surface area contributed by atoms with Crippen LogP contribution in [-0.4, -0.2) is 69.2 Å². The first kappa shape index (κ1) is 30.5. The Labute approximate surface area is 244 Å². The Balaban J connectivity index is 1.70. The second-order valence-electron chi connectivity index (χ2n) is 12.1. The molecule has 41 heavy (non-hydrogen) atoms. The smallest absolute Gasteiger partial charge is 0.239 e. The second-order valence-corrected chi connectivity index (χ2v) is 13.9. The Hall–Kier alpha value is -3.50. The van der Waals surface area contributed by atoms with Crippen LogP contribution in [0.1, 0.15) is 43.9 Å². The fourth-order valence-corrected chi connectivity index (χ4v) is 6.04. The van der Waals surface area contributed by atoms with Crippen molar-refractivity contribution in [2.24, 2.45) is 5.41 Å². The van der Waals surface area contributed by atoms with Gasteiger partial charge in [-0.15, -0.1) is 0 Å². The molecule has 220 valence electrons. The van der Waals surface area contributed by atoms with Crippen molar-refractivity contribution in [1.82, 2.24) is 19.8 Å². The van der Waals surface area contributed by atoms with Gasteiger partial charge in [-0.3, -0.25) is 14.4 Å². The molecule has 1 aliphatic rings. The number of hydrogen-bond donors (Lipinski definition) is 2. The SMILES string of the molecule is Cc1cccc(S(=N)(=O)Nc2nc(O[C@H]3CN(C=O)CCN(CCC(C)(C)C)C3)cc(-c3c(C)cccc3C)n2)c1. The van der Waals surface area contributed by atoms with Gasteiger partial charge in [-0.1, -0.05) is 51.1 Å². The van der Waals surface area contributed by atoms with E-state index in [2.05, 4.69) is 35.4 Å². The van der Waals surface area contributed by atoms with Gasteiger partial charge in [-0.05, 0) is 68.0 Å². The van der Waals surface area contributed by atoms with Crippen molar-refractivity contribution in [2.75, 3.05) is 37.4 Å². The largest absolute Gasteiger partial charge is 0.471 e. The van der Waals surface area contributed by atoms with Crippen LogP contribution in [0.4, 0.5) is 5.95 Å². The molecular weight excluding hydrogens is 536 g/mol. The minimum atomic E-state index is -3.45. The summed E-state index contributed by atoms with van der Waals surface area (Å²) in [6.07, 6.45) is 1.57. The lowest BCUT2D eigenvalue weighted by molar-refractivity contribution is -0.118. The van der Waals surface area contributed by atoms with Crippen molar-refractivity contribution < 1.29 is 13.7 Å². The summed E-state index contributed by atoms with van der Waals surface area (Å²) in [5.41, 5.74) is 4.70. The molecule has 2 heterocycles. The number of amides is 1. The van der Waals surface area contributed by atoms with Crippen LogP contribution in [0, 0.1) is 31.0 Å². The first-order valence-electron chi connectivity index (χ1n) is 14.0. The molecule has 10 heteroatoms. The highest BCUT2D eigenvalue weighted by Crippen LogP contribution is 2.30. The van der Waals surface area contributed by atoms with Crippen molar-refractivity contribution >= 4 is 22.3 Å². The second kappa shape index (κ2) is 12.6. The van der Waals surface area contributed by atoms with E-state index in [0.717, 1.165) is 48.2 Å². The van der Waals surface area contributed by atoms with Gasteiger partial charge in [0.25, 0.3) is 0 Å². The predicted molar refractivity (Wildman–Crippen MR) is 163 cm³/mol. The molecule has 1 saturated heterocycles. The van der Waals surface area contributed by atoms with Gasteiger partial charge in [0.15, 0.2) is 9.92 Å². The molecule has 1 aromatic heterocycles. The number of aryl methyl sites for hydroxylation is 3. The van der Waals surface area contributed by atoms with Crippen LogP contribution in [0.3, 0.4) is 0 Å². The summed E-state index contributed by atoms with van der Waals surface area (Å²) in [7, 11) is -3.45. The summed E-state index contributed by atoms with van der Waals surface area (Å²) in [5.74, 6) is 0.347. The Kier molecular flexibility index (Phi) is 9.34. The third kappa shape index (κ3) is 8.27. The first-order chi connectivity index (χ1) is 19.3. The van der Waals surface area contributed by atoms with E-state index in [1.165, 1.54) is 0 Å². The predicted octanol–water partition coefficient (Wildman–Crippen LogP) is 5.46. The molecule has 2 N–H and O–H groups in total. The van der Waals surface area contributed by atoms with Gasteiger partial charge in [0.2, 0.25) is 18.2 Å². The Bertz CT molecular complexity index is 1470. The molecule has 4 rings (SSSR count). The van der Waals surface area contributed by atoms with Crippen LogP contribution in [-0.2, 0) is 14.7 Å². The number of benzene rings is 2. The van der Waals surface area contributed by atoms with E-state index in [-0.39, 0.29) is 17.5 Å². The summed E-state index contributed by atoms with van der Waals surface area (Å²) < 4.78 is 31.4. The number of carbonyl (C=O) groups is 1. The Morgan fingerprint density at radius 1 is 1.05 bits per heavy atom. The van der Waals surface area contributed by atoms with E-state index in [1.807, 2.05) is 45.0 Å². The maximum atomic E-state index is 13.5. The van der Waals surface area contributed by atoms with Crippen LogP contribution < -0.4 is 9.46 Å². The summed E-state index contributed by atoms with van der Waals surface area (Å²) in [6, 6.07) is 14.9. The molecule has 1 amide bonds. The Morgan fingerprint density at radius 3 is 2.41 bits per heavy atom. The fraction of sp³-hybridized carbons (Fsp3) is 0.452. The average molecular weight is 579 g/mol. The summed E-state index contributed by atoms with van der Waals surface area (Å²) in [5, 5.41) is 0. The number of ether oxygens (including phenoxy) is 1. The number of rotatable bonds is 9. The van der Waals surface area contributed by atoms with Crippen molar-refractivity contribution in [3.63, 3.8) is 0 Å². The van der Waals surface area contributed by atoms with Gasteiger partial charge in [0, 0.05) is 31.3 Å². The zero-order chi connectivity index (χ0) is 29.8. The van der Waals surface area contributed by atoms with Crippen LogP contribution in [0.15, 0.2) is 53.4 Å². The van der Waals surface area contributed by atoms with Crippen molar-refractivity contribution in [2.45, 2.75) is 59.0 Å². The molecule has 1 aliphatic heterocycles. The van der Waals surface area contributed by atoms with E-state index in [0.29, 0.717) is 36.1 Å². The maximum absolute atomic E-state index is 13.5. The summed E-state index contributed by atoms with van der Waals surface area (Å²) >= 11 is 0. The van der Waals surface area contributed by atoms with E-state index in [1.54, 1.807) is 29.2 Å². The van der Waals surface area contributed by atoms with Gasteiger partial charge in [0.05, 0.1) is 17.1 Å². The quantitative estimate of drug-likeness (QED) is 0.326. The van der Waals surface area contributed by atoms with Gasteiger partial charge < -0.3 is 9.64 Å². The zero-order valence-electron chi connectivity index (χ0n) is 24.9. The molecule has 1 fully saturated rings. The number of anilines is 1. The minimum Gasteiger partial charge on any atom is -0.471 e. The number of nitrogens with one attached hydrogen (secondary N) is 2. The summed E-state index contributed by atoms with van der Waals surface area (Å²) in [4.78, 5) is 25.5. The lowest BCUT2D eigenvalue weighted by atomic mass is 9.92. The minimum absolute atomic E-state index is 0.0483. The van der Waals surface area contributed by atoms with Crippen LogP contribution in [0.25, 0.3) is 11.3 Å². The van der Waals surface area contributed by atoms with E-state index >= 15 is 0 Å². The lowest BCUT2D eigenvalue weighted by Gasteiger charge is -2.27. The third-order valence-electron chi connectivity index (χ3n) is 7.21. The van der Waals surface area contributed by atoms with Crippen molar-refractivity contribution in [1.29, 1.82) is 4.78 Å². The van der Waals surface area contributed by atoms with E-state index < -0.39 is 9.92 Å².